The lowest BCUT2D eigenvalue weighted by Gasteiger charge is -1.97. The number of hydrogen-bond acceptors (Lipinski definition) is 1. The Morgan fingerprint density at radius 1 is 1.27 bits per heavy atom. The van der Waals surface area contributed by atoms with Gasteiger partial charge in [-0.05, 0) is 43.5 Å². The first-order valence-electron chi connectivity index (χ1n) is 5.65. The number of aromatic amines is 1. The molecule has 2 aromatic rings. The molecule has 0 fully saturated rings. The van der Waals surface area contributed by atoms with Gasteiger partial charge < -0.3 is 10.3 Å². The summed E-state index contributed by atoms with van der Waals surface area (Å²) in [5, 5.41) is 4.86. The summed E-state index contributed by atoms with van der Waals surface area (Å²) in [4.78, 5) is 3.53. The van der Waals surface area contributed by atoms with Gasteiger partial charge in [0.05, 0.1) is 0 Å². The van der Waals surface area contributed by atoms with Crippen molar-refractivity contribution in [3.63, 3.8) is 0 Å². The third kappa shape index (κ3) is 1.45. The molecule has 1 aromatic carbocycles. The van der Waals surface area contributed by atoms with Crippen LogP contribution in [0.3, 0.4) is 0 Å². The van der Waals surface area contributed by atoms with Crippen molar-refractivity contribution >= 4 is 10.9 Å². The van der Waals surface area contributed by atoms with Crippen molar-refractivity contribution in [1.29, 1.82) is 0 Å². The summed E-state index contributed by atoms with van der Waals surface area (Å²) in [7, 11) is 0. The predicted octanol–water partition coefficient (Wildman–Crippen LogP) is 2.51. The minimum absolute atomic E-state index is 0.989. The van der Waals surface area contributed by atoms with Crippen molar-refractivity contribution in [2.24, 2.45) is 0 Å². The Morgan fingerprint density at radius 3 is 3.13 bits per heavy atom. The van der Waals surface area contributed by atoms with E-state index >= 15 is 0 Å². The Morgan fingerprint density at radius 2 is 2.20 bits per heavy atom. The number of benzene rings is 1. The minimum atomic E-state index is 0.989. The number of aryl methyl sites for hydroxylation is 2. The van der Waals surface area contributed by atoms with Crippen LogP contribution in [0.1, 0.15) is 23.2 Å². The summed E-state index contributed by atoms with van der Waals surface area (Å²) >= 11 is 0. The fourth-order valence-corrected chi connectivity index (χ4v) is 2.47. The molecule has 0 unspecified atom stereocenters. The molecule has 0 spiro atoms. The molecule has 0 bridgehead atoms. The molecule has 1 aliphatic rings. The third-order valence-electron chi connectivity index (χ3n) is 3.23. The van der Waals surface area contributed by atoms with Gasteiger partial charge >= 0.3 is 0 Å². The van der Waals surface area contributed by atoms with Crippen LogP contribution in [0.5, 0.6) is 0 Å². The van der Waals surface area contributed by atoms with Crippen molar-refractivity contribution in [3.05, 3.63) is 35.0 Å². The largest absolute Gasteiger partial charge is 0.357 e. The summed E-state index contributed by atoms with van der Waals surface area (Å²) in [6.45, 7) is 4.27. The van der Waals surface area contributed by atoms with E-state index in [1.165, 1.54) is 40.6 Å². The van der Waals surface area contributed by atoms with Crippen LogP contribution >= 0.6 is 0 Å². The highest BCUT2D eigenvalue weighted by Gasteiger charge is 2.13. The molecular formula is C13H16N2. The van der Waals surface area contributed by atoms with Crippen LogP contribution in [0.2, 0.25) is 0 Å². The summed E-state index contributed by atoms with van der Waals surface area (Å²) in [6.07, 6.45) is 2.44. The fraction of sp³-hybridized carbons (Fsp3) is 0.385. The maximum absolute atomic E-state index is 3.53. The molecule has 0 saturated carbocycles. The van der Waals surface area contributed by atoms with Gasteiger partial charge in [0.2, 0.25) is 0 Å². The fourth-order valence-electron chi connectivity index (χ4n) is 2.47. The Kier molecular flexibility index (Phi) is 2.03. The van der Waals surface area contributed by atoms with Crippen molar-refractivity contribution in [3.8, 4) is 0 Å². The summed E-state index contributed by atoms with van der Waals surface area (Å²) in [5.74, 6) is 0. The molecule has 2 nitrogen and oxygen atoms in total. The van der Waals surface area contributed by atoms with Crippen LogP contribution in [0.15, 0.2) is 18.2 Å². The zero-order valence-electron chi connectivity index (χ0n) is 9.06. The van der Waals surface area contributed by atoms with E-state index in [2.05, 4.69) is 35.4 Å². The van der Waals surface area contributed by atoms with Crippen LogP contribution in [-0.4, -0.2) is 11.5 Å². The molecule has 0 amide bonds. The Balaban J connectivity index is 2.23. The van der Waals surface area contributed by atoms with E-state index in [1.54, 1.807) is 0 Å². The summed E-state index contributed by atoms with van der Waals surface area (Å²) in [6, 6.07) is 6.70. The maximum Gasteiger partial charge on any atom is 0.0461 e. The van der Waals surface area contributed by atoms with E-state index in [-0.39, 0.29) is 0 Å². The number of aromatic nitrogens is 1. The first kappa shape index (κ1) is 8.98. The molecule has 0 atom stereocenters. The van der Waals surface area contributed by atoms with Crippen LogP contribution in [0.4, 0.5) is 0 Å². The van der Waals surface area contributed by atoms with Crippen molar-refractivity contribution in [2.45, 2.75) is 26.3 Å². The average Bonchev–Trinajstić information content (AvgIpc) is 2.42. The van der Waals surface area contributed by atoms with Gasteiger partial charge in [-0.3, -0.25) is 0 Å². The number of rotatable bonds is 0. The van der Waals surface area contributed by atoms with E-state index < -0.39 is 0 Å². The highest BCUT2D eigenvalue weighted by molar-refractivity contribution is 5.85. The second-order valence-electron chi connectivity index (χ2n) is 4.41. The van der Waals surface area contributed by atoms with Gasteiger partial charge in [0.1, 0.15) is 0 Å². The molecule has 1 aromatic heterocycles. The number of H-pyrrole nitrogens is 1. The molecule has 2 heterocycles. The molecule has 0 saturated heterocycles. The van der Waals surface area contributed by atoms with Gasteiger partial charge in [0.25, 0.3) is 0 Å². The molecule has 2 heteroatoms. The molecule has 15 heavy (non-hydrogen) atoms. The molecule has 2 N–H and O–H groups in total. The SMILES string of the molecule is Cc1ccc2c3c([nH]c2c1)CNCCC3. The molecule has 3 rings (SSSR count). The monoisotopic (exact) mass is 200 g/mol. The molecule has 1 aliphatic heterocycles. The van der Waals surface area contributed by atoms with Crippen LogP contribution < -0.4 is 5.32 Å². The van der Waals surface area contributed by atoms with Crippen LogP contribution in [0, 0.1) is 6.92 Å². The number of hydrogen-bond donors (Lipinski definition) is 2. The highest BCUT2D eigenvalue weighted by Crippen LogP contribution is 2.25. The molecule has 0 radical (unpaired) electrons. The van der Waals surface area contributed by atoms with Gasteiger partial charge in [-0.15, -0.1) is 0 Å². The highest BCUT2D eigenvalue weighted by atomic mass is 14.9. The van der Waals surface area contributed by atoms with Crippen molar-refractivity contribution in [2.75, 3.05) is 6.54 Å². The van der Waals surface area contributed by atoms with E-state index in [9.17, 15) is 0 Å². The van der Waals surface area contributed by atoms with Gasteiger partial charge in [0, 0.05) is 23.1 Å². The van der Waals surface area contributed by atoms with E-state index in [0.717, 1.165) is 13.1 Å². The van der Waals surface area contributed by atoms with E-state index in [0.29, 0.717) is 0 Å². The Labute approximate surface area is 89.7 Å². The van der Waals surface area contributed by atoms with E-state index in [4.69, 9.17) is 0 Å². The van der Waals surface area contributed by atoms with Gasteiger partial charge in [-0.2, -0.15) is 0 Å². The smallest absolute Gasteiger partial charge is 0.0461 e. The Hall–Kier alpha value is -1.28. The molecule has 0 aliphatic carbocycles. The average molecular weight is 200 g/mol. The summed E-state index contributed by atoms with van der Waals surface area (Å²) in [5.41, 5.74) is 5.53. The normalized spacial score (nSPS) is 16.3. The van der Waals surface area contributed by atoms with Crippen molar-refractivity contribution < 1.29 is 0 Å². The van der Waals surface area contributed by atoms with Gasteiger partial charge in [-0.25, -0.2) is 0 Å². The second kappa shape index (κ2) is 3.38. The summed E-state index contributed by atoms with van der Waals surface area (Å²) < 4.78 is 0. The molecular weight excluding hydrogens is 184 g/mol. The van der Waals surface area contributed by atoms with Crippen LogP contribution in [-0.2, 0) is 13.0 Å². The standard InChI is InChI=1S/C13H16N2/c1-9-4-5-11-10-3-2-6-14-8-13(10)15-12(11)7-9/h4-5,7,14-15H,2-3,6,8H2,1H3. The van der Waals surface area contributed by atoms with E-state index in [1.807, 2.05) is 0 Å². The second-order valence-corrected chi connectivity index (χ2v) is 4.41. The first-order valence-corrected chi connectivity index (χ1v) is 5.65. The zero-order chi connectivity index (χ0) is 10.3. The third-order valence-corrected chi connectivity index (χ3v) is 3.23. The number of nitrogens with one attached hydrogen (secondary N) is 2. The topological polar surface area (TPSA) is 27.8 Å². The van der Waals surface area contributed by atoms with Gasteiger partial charge in [-0.1, -0.05) is 12.1 Å². The maximum atomic E-state index is 3.53. The molecule has 78 valence electrons. The van der Waals surface area contributed by atoms with Crippen molar-refractivity contribution in [1.82, 2.24) is 10.3 Å². The lowest BCUT2D eigenvalue weighted by atomic mass is 10.1. The first-order chi connectivity index (χ1) is 7.34. The van der Waals surface area contributed by atoms with Gasteiger partial charge in [0.15, 0.2) is 0 Å². The lowest BCUT2D eigenvalue weighted by molar-refractivity contribution is 0.675. The number of fused-ring (bicyclic) bond motifs is 3. The minimum Gasteiger partial charge on any atom is -0.357 e. The predicted molar refractivity (Wildman–Crippen MR) is 63.1 cm³/mol. The lowest BCUT2D eigenvalue weighted by Crippen LogP contribution is -2.12. The quantitative estimate of drug-likeness (QED) is 0.672. The Bertz CT molecular complexity index is 496. The van der Waals surface area contributed by atoms with Crippen LogP contribution in [0.25, 0.3) is 10.9 Å². The zero-order valence-corrected chi connectivity index (χ0v) is 9.06.